The van der Waals surface area contributed by atoms with Crippen molar-refractivity contribution in [2.45, 2.75) is 19.8 Å². The molecule has 1 rings (SSSR count). The first-order valence-electron chi connectivity index (χ1n) is 5.51. The van der Waals surface area contributed by atoms with E-state index in [-0.39, 0.29) is 5.91 Å². The van der Waals surface area contributed by atoms with Crippen LogP contribution in [0.2, 0.25) is 0 Å². The number of nitrogens with one attached hydrogen (secondary N) is 1. The van der Waals surface area contributed by atoms with E-state index >= 15 is 0 Å². The van der Waals surface area contributed by atoms with Crippen molar-refractivity contribution in [2.75, 3.05) is 13.7 Å². The van der Waals surface area contributed by atoms with Gasteiger partial charge in [-0.15, -0.1) is 0 Å². The van der Waals surface area contributed by atoms with E-state index < -0.39 is 0 Å². The molecule has 90 valence electrons. The molecule has 0 fully saturated rings. The quantitative estimate of drug-likeness (QED) is 0.787. The molecule has 0 spiro atoms. The van der Waals surface area contributed by atoms with E-state index in [2.05, 4.69) is 11.4 Å². The Morgan fingerprint density at radius 1 is 1.53 bits per heavy atom. The monoisotopic (exact) mass is 232 g/mol. The van der Waals surface area contributed by atoms with Crippen molar-refractivity contribution >= 4 is 5.91 Å². The van der Waals surface area contributed by atoms with Crippen LogP contribution in [0.15, 0.2) is 18.2 Å². The molecule has 0 saturated carbocycles. The standard InChI is InChI=1S/C13H16N2O2/c1-10-5-6-11(9-14)8-12(10)17-7-3-4-13(16)15-2/h5-6,8H,3-4,7H2,1-2H3,(H,15,16). The molecule has 1 amide bonds. The SMILES string of the molecule is CNC(=O)CCCOc1cc(C#N)ccc1C. The Hall–Kier alpha value is -2.02. The van der Waals surface area contributed by atoms with Crippen LogP contribution >= 0.6 is 0 Å². The summed E-state index contributed by atoms with van der Waals surface area (Å²) in [6.07, 6.45) is 1.11. The van der Waals surface area contributed by atoms with E-state index in [1.165, 1.54) is 0 Å². The maximum absolute atomic E-state index is 11.0. The van der Waals surface area contributed by atoms with Crippen molar-refractivity contribution in [2.24, 2.45) is 0 Å². The Bertz CT molecular complexity index is 436. The number of nitrogens with zero attached hydrogens (tertiary/aromatic N) is 1. The van der Waals surface area contributed by atoms with Gasteiger partial charge in [0.25, 0.3) is 0 Å². The Morgan fingerprint density at radius 2 is 2.29 bits per heavy atom. The molecule has 0 aromatic heterocycles. The molecule has 17 heavy (non-hydrogen) atoms. The maximum Gasteiger partial charge on any atom is 0.219 e. The highest BCUT2D eigenvalue weighted by atomic mass is 16.5. The van der Waals surface area contributed by atoms with Gasteiger partial charge >= 0.3 is 0 Å². The first-order chi connectivity index (χ1) is 8.17. The average Bonchev–Trinajstić information content (AvgIpc) is 2.36. The summed E-state index contributed by atoms with van der Waals surface area (Å²) in [6.45, 7) is 2.40. The van der Waals surface area contributed by atoms with Gasteiger partial charge in [-0.3, -0.25) is 4.79 Å². The summed E-state index contributed by atoms with van der Waals surface area (Å²) in [7, 11) is 1.61. The largest absolute Gasteiger partial charge is 0.493 e. The van der Waals surface area contributed by atoms with Crippen molar-refractivity contribution in [1.82, 2.24) is 5.32 Å². The summed E-state index contributed by atoms with van der Waals surface area (Å²) in [5.41, 5.74) is 1.57. The number of hydrogen-bond donors (Lipinski definition) is 1. The van der Waals surface area contributed by atoms with E-state index in [1.807, 2.05) is 13.0 Å². The smallest absolute Gasteiger partial charge is 0.219 e. The van der Waals surface area contributed by atoms with Crippen LogP contribution in [0.4, 0.5) is 0 Å². The highest BCUT2D eigenvalue weighted by Gasteiger charge is 2.02. The number of carbonyl (C=O) groups is 1. The predicted molar refractivity (Wildman–Crippen MR) is 64.7 cm³/mol. The highest BCUT2D eigenvalue weighted by molar-refractivity contribution is 5.75. The zero-order chi connectivity index (χ0) is 12.7. The van der Waals surface area contributed by atoms with Crippen LogP contribution in [0.25, 0.3) is 0 Å². The van der Waals surface area contributed by atoms with Gasteiger partial charge in [-0.1, -0.05) is 6.07 Å². The van der Waals surface area contributed by atoms with Gasteiger partial charge in [-0.05, 0) is 31.0 Å². The minimum absolute atomic E-state index is 0.0103. The molecule has 4 heteroatoms. The van der Waals surface area contributed by atoms with Crippen molar-refractivity contribution < 1.29 is 9.53 Å². The van der Waals surface area contributed by atoms with E-state index in [0.717, 1.165) is 5.56 Å². The van der Waals surface area contributed by atoms with Crippen LogP contribution in [0.5, 0.6) is 5.75 Å². The Morgan fingerprint density at radius 3 is 2.94 bits per heavy atom. The first-order valence-corrected chi connectivity index (χ1v) is 5.51. The van der Waals surface area contributed by atoms with Crippen LogP contribution in [0.1, 0.15) is 24.0 Å². The molecule has 1 N–H and O–H groups in total. The van der Waals surface area contributed by atoms with Gasteiger partial charge in [0, 0.05) is 13.5 Å². The van der Waals surface area contributed by atoms with Gasteiger partial charge in [-0.25, -0.2) is 0 Å². The fraction of sp³-hybridized carbons (Fsp3) is 0.385. The maximum atomic E-state index is 11.0. The summed E-state index contributed by atoms with van der Waals surface area (Å²) in [5, 5.41) is 11.3. The average molecular weight is 232 g/mol. The number of nitriles is 1. The van der Waals surface area contributed by atoms with Crippen LogP contribution < -0.4 is 10.1 Å². The van der Waals surface area contributed by atoms with Crippen LogP contribution in [-0.4, -0.2) is 19.6 Å². The van der Waals surface area contributed by atoms with Gasteiger partial charge in [0.2, 0.25) is 5.91 Å². The molecule has 0 aliphatic carbocycles. The molecule has 0 saturated heterocycles. The van der Waals surface area contributed by atoms with Crippen LogP contribution in [-0.2, 0) is 4.79 Å². The molecule has 1 aromatic carbocycles. The summed E-state index contributed by atoms with van der Waals surface area (Å²) >= 11 is 0. The molecule has 0 radical (unpaired) electrons. The van der Waals surface area contributed by atoms with Gasteiger partial charge in [0.15, 0.2) is 0 Å². The predicted octanol–water partition coefficient (Wildman–Crippen LogP) is 1.77. The lowest BCUT2D eigenvalue weighted by molar-refractivity contribution is -0.120. The van der Waals surface area contributed by atoms with E-state index in [0.29, 0.717) is 30.8 Å². The molecule has 0 aliphatic heterocycles. The molecule has 0 bridgehead atoms. The van der Waals surface area contributed by atoms with Gasteiger partial charge in [-0.2, -0.15) is 5.26 Å². The fourth-order valence-electron chi connectivity index (χ4n) is 1.36. The molecule has 0 heterocycles. The number of benzene rings is 1. The second-order valence-corrected chi connectivity index (χ2v) is 3.72. The lowest BCUT2D eigenvalue weighted by Gasteiger charge is -2.08. The van der Waals surface area contributed by atoms with Crippen LogP contribution in [0, 0.1) is 18.3 Å². The summed E-state index contributed by atoms with van der Waals surface area (Å²) in [4.78, 5) is 11.0. The minimum Gasteiger partial charge on any atom is -0.493 e. The van der Waals surface area contributed by atoms with Crippen molar-refractivity contribution in [1.29, 1.82) is 5.26 Å². The molecule has 0 aliphatic rings. The number of aryl methyl sites for hydroxylation is 1. The zero-order valence-corrected chi connectivity index (χ0v) is 10.1. The lowest BCUT2D eigenvalue weighted by atomic mass is 10.1. The molecule has 0 atom stereocenters. The number of carbonyl (C=O) groups excluding carboxylic acids is 1. The second kappa shape index (κ2) is 6.54. The number of rotatable bonds is 5. The first kappa shape index (κ1) is 13.0. The minimum atomic E-state index is 0.0103. The Kier molecular flexibility index (Phi) is 5.02. The highest BCUT2D eigenvalue weighted by Crippen LogP contribution is 2.19. The topological polar surface area (TPSA) is 62.1 Å². The second-order valence-electron chi connectivity index (χ2n) is 3.72. The fourth-order valence-corrected chi connectivity index (χ4v) is 1.36. The molecular weight excluding hydrogens is 216 g/mol. The van der Waals surface area contributed by atoms with E-state index in [4.69, 9.17) is 10.00 Å². The van der Waals surface area contributed by atoms with Crippen LogP contribution in [0.3, 0.4) is 0 Å². The third kappa shape index (κ3) is 4.15. The third-order valence-electron chi connectivity index (χ3n) is 2.40. The van der Waals surface area contributed by atoms with Crippen molar-refractivity contribution in [3.8, 4) is 11.8 Å². The summed E-state index contributed by atoms with van der Waals surface area (Å²) in [6, 6.07) is 7.40. The van der Waals surface area contributed by atoms with Crippen molar-refractivity contribution in [3.05, 3.63) is 29.3 Å². The number of hydrogen-bond acceptors (Lipinski definition) is 3. The summed E-state index contributed by atoms with van der Waals surface area (Å²) in [5.74, 6) is 0.719. The molecule has 1 aromatic rings. The van der Waals surface area contributed by atoms with Gasteiger partial charge in [0.1, 0.15) is 5.75 Å². The molecule has 0 unspecified atom stereocenters. The Balaban J connectivity index is 2.46. The Labute approximate surface area is 101 Å². The zero-order valence-electron chi connectivity index (χ0n) is 10.1. The molecule has 4 nitrogen and oxygen atoms in total. The number of ether oxygens (including phenoxy) is 1. The van der Waals surface area contributed by atoms with Gasteiger partial charge < -0.3 is 10.1 Å². The normalized spacial score (nSPS) is 9.47. The lowest BCUT2D eigenvalue weighted by Crippen LogP contribution is -2.18. The number of amides is 1. The molecular formula is C13H16N2O2. The van der Waals surface area contributed by atoms with E-state index in [9.17, 15) is 4.79 Å². The van der Waals surface area contributed by atoms with E-state index in [1.54, 1.807) is 19.2 Å². The van der Waals surface area contributed by atoms with Crippen molar-refractivity contribution in [3.63, 3.8) is 0 Å². The van der Waals surface area contributed by atoms with Gasteiger partial charge in [0.05, 0.1) is 18.2 Å². The third-order valence-corrected chi connectivity index (χ3v) is 2.40. The summed E-state index contributed by atoms with van der Waals surface area (Å²) < 4.78 is 5.54.